The maximum atomic E-state index is 11.6. The molecule has 0 aliphatic heterocycles. The number of carbonyl (C=O) groups excluding carboxylic acids is 2. The standard InChI is InChI=1S/C13H18N2O5/c1-2-4-9(13(18)19)15-11(16)6-7-14-12(17)10-5-3-8-20-10/h3,5,8-9H,2,4,6-7H2,1H3,(H,14,17)(H,15,16)(H,18,19)/t9-/m0/s1. The Kier molecular flexibility index (Phi) is 6.28. The number of nitrogens with one attached hydrogen (secondary N) is 2. The van der Waals surface area contributed by atoms with E-state index in [1.165, 1.54) is 12.3 Å². The Labute approximate surface area is 116 Å². The van der Waals surface area contributed by atoms with Crippen LogP contribution in [0.3, 0.4) is 0 Å². The fraction of sp³-hybridized carbons (Fsp3) is 0.462. The average molecular weight is 282 g/mol. The molecule has 1 atom stereocenters. The van der Waals surface area contributed by atoms with E-state index in [0.717, 1.165) is 0 Å². The van der Waals surface area contributed by atoms with Gasteiger partial charge in [0.05, 0.1) is 6.26 Å². The fourth-order valence-electron chi connectivity index (χ4n) is 1.60. The summed E-state index contributed by atoms with van der Waals surface area (Å²) in [7, 11) is 0. The number of hydrogen-bond donors (Lipinski definition) is 3. The molecular formula is C13H18N2O5. The largest absolute Gasteiger partial charge is 0.480 e. The molecule has 7 heteroatoms. The number of furan rings is 1. The second kappa shape index (κ2) is 7.98. The molecule has 2 amide bonds. The molecule has 1 rings (SSSR count). The Bertz CT molecular complexity index is 455. The number of rotatable bonds is 8. The lowest BCUT2D eigenvalue weighted by atomic mass is 10.1. The third kappa shape index (κ3) is 5.13. The number of carboxylic acids is 1. The minimum Gasteiger partial charge on any atom is -0.480 e. The van der Waals surface area contributed by atoms with E-state index in [1.807, 2.05) is 6.92 Å². The van der Waals surface area contributed by atoms with Crippen LogP contribution in [0.1, 0.15) is 36.7 Å². The van der Waals surface area contributed by atoms with Crippen molar-refractivity contribution in [3.8, 4) is 0 Å². The van der Waals surface area contributed by atoms with Crippen molar-refractivity contribution in [3.63, 3.8) is 0 Å². The predicted molar refractivity (Wildman–Crippen MR) is 70.1 cm³/mol. The van der Waals surface area contributed by atoms with Crippen molar-refractivity contribution >= 4 is 17.8 Å². The molecule has 110 valence electrons. The van der Waals surface area contributed by atoms with Crippen LogP contribution in [0, 0.1) is 0 Å². The van der Waals surface area contributed by atoms with Gasteiger partial charge in [-0.2, -0.15) is 0 Å². The summed E-state index contributed by atoms with van der Waals surface area (Å²) in [5.41, 5.74) is 0. The molecule has 0 saturated carbocycles. The molecule has 0 aliphatic carbocycles. The van der Waals surface area contributed by atoms with Gasteiger partial charge in [-0.15, -0.1) is 0 Å². The Morgan fingerprint density at radius 3 is 2.70 bits per heavy atom. The first-order chi connectivity index (χ1) is 9.54. The van der Waals surface area contributed by atoms with Crippen LogP contribution in [0.25, 0.3) is 0 Å². The summed E-state index contributed by atoms with van der Waals surface area (Å²) in [5.74, 6) is -1.71. The lowest BCUT2D eigenvalue weighted by Gasteiger charge is -2.13. The van der Waals surface area contributed by atoms with Crippen LogP contribution in [0.4, 0.5) is 0 Å². The second-order valence-electron chi connectivity index (χ2n) is 4.23. The van der Waals surface area contributed by atoms with E-state index in [9.17, 15) is 14.4 Å². The van der Waals surface area contributed by atoms with Crippen molar-refractivity contribution in [2.45, 2.75) is 32.2 Å². The minimum absolute atomic E-state index is 0.0138. The van der Waals surface area contributed by atoms with Crippen LogP contribution in [0.2, 0.25) is 0 Å². The van der Waals surface area contributed by atoms with E-state index in [0.29, 0.717) is 12.8 Å². The first-order valence-corrected chi connectivity index (χ1v) is 6.38. The topological polar surface area (TPSA) is 109 Å². The van der Waals surface area contributed by atoms with Crippen LogP contribution in [-0.4, -0.2) is 35.5 Å². The maximum absolute atomic E-state index is 11.6. The van der Waals surface area contributed by atoms with Gasteiger partial charge in [0.1, 0.15) is 6.04 Å². The smallest absolute Gasteiger partial charge is 0.326 e. The van der Waals surface area contributed by atoms with Gasteiger partial charge in [0.25, 0.3) is 5.91 Å². The molecule has 0 saturated heterocycles. The van der Waals surface area contributed by atoms with Crippen molar-refractivity contribution in [3.05, 3.63) is 24.2 Å². The van der Waals surface area contributed by atoms with Crippen LogP contribution < -0.4 is 10.6 Å². The number of carboxylic acid groups (broad SMARTS) is 1. The summed E-state index contributed by atoms with van der Waals surface area (Å²) in [6, 6.07) is 2.22. The molecule has 0 unspecified atom stereocenters. The molecule has 0 fully saturated rings. The summed E-state index contributed by atoms with van der Waals surface area (Å²) in [6.07, 6.45) is 2.43. The van der Waals surface area contributed by atoms with Gasteiger partial charge in [0, 0.05) is 13.0 Å². The SMILES string of the molecule is CCC[C@H](NC(=O)CCNC(=O)c1ccco1)C(=O)O. The molecule has 20 heavy (non-hydrogen) atoms. The van der Waals surface area contributed by atoms with E-state index in [1.54, 1.807) is 6.07 Å². The normalized spacial score (nSPS) is 11.7. The highest BCUT2D eigenvalue weighted by Gasteiger charge is 2.18. The van der Waals surface area contributed by atoms with Gasteiger partial charge in [-0.25, -0.2) is 4.79 Å². The van der Waals surface area contributed by atoms with Crippen molar-refractivity contribution in [1.29, 1.82) is 0 Å². The Hall–Kier alpha value is -2.31. The number of hydrogen-bond acceptors (Lipinski definition) is 4. The van der Waals surface area contributed by atoms with E-state index >= 15 is 0 Å². The summed E-state index contributed by atoms with van der Waals surface area (Å²) in [4.78, 5) is 33.9. The van der Waals surface area contributed by atoms with Crippen LogP contribution >= 0.6 is 0 Å². The second-order valence-corrected chi connectivity index (χ2v) is 4.23. The maximum Gasteiger partial charge on any atom is 0.326 e. The zero-order valence-corrected chi connectivity index (χ0v) is 11.2. The van der Waals surface area contributed by atoms with Gasteiger partial charge in [0.2, 0.25) is 5.91 Å². The zero-order valence-electron chi connectivity index (χ0n) is 11.2. The summed E-state index contributed by atoms with van der Waals surface area (Å²) < 4.78 is 4.89. The van der Waals surface area contributed by atoms with Crippen LogP contribution in [0.5, 0.6) is 0 Å². The first kappa shape index (κ1) is 15.7. The monoisotopic (exact) mass is 282 g/mol. The molecule has 1 aromatic rings. The highest BCUT2D eigenvalue weighted by Crippen LogP contribution is 1.99. The first-order valence-electron chi connectivity index (χ1n) is 6.38. The van der Waals surface area contributed by atoms with E-state index in [4.69, 9.17) is 9.52 Å². The molecule has 0 spiro atoms. The van der Waals surface area contributed by atoms with Gasteiger partial charge in [0.15, 0.2) is 5.76 Å². The van der Waals surface area contributed by atoms with E-state index < -0.39 is 23.8 Å². The fourth-order valence-corrected chi connectivity index (χ4v) is 1.60. The Morgan fingerprint density at radius 1 is 1.40 bits per heavy atom. The lowest BCUT2D eigenvalue weighted by molar-refractivity contribution is -0.142. The van der Waals surface area contributed by atoms with E-state index in [2.05, 4.69) is 10.6 Å². The van der Waals surface area contributed by atoms with Crippen molar-refractivity contribution in [2.75, 3.05) is 6.54 Å². The summed E-state index contributed by atoms with van der Waals surface area (Å²) in [6.45, 7) is 1.95. The Morgan fingerprint density at radius 2 is 2.15 bits per heavy atom. The predicted octanol–water partition coefficient (Wildman–Crippen LogP) is 0.769. The zero-order chi connectivity index (χ0) is 15.0. The van der Waals surface area contributed by atoms with Gasteiger partial charge in [-0.05, 0) is 18.6 Å². The number of aliphatic carboxylic acids is 1. The number of carbonyl (C=O) groups is 3. The molecule has 7 nitrogen and oxygen atoms in total. The molecule has 3 N–H and O–H groups in total. The van der Waals surface area contributed by atoms with Crippen molar-refractivity contribution in [1.82, 2.24) is 10.6 Å². The molecule has 1 aromatic heterocycles. The van der Waals surface area contributed by atoms with Gasteiger partial charge < -0.3 is 20.2 Å². The number of amides is 2. The molecule has 0 radical (unpaired) electrons. The van der Waals surface area contributed by atoms with Gasteiger partial charge in [-0.3, -0.25) is 9.59 Å². The van der Waals surface area contributed by atoms with Crippen LogP contribution in [0.15, 0.2) is 22.8 Å². The Balaban J connectivity index is 2.29. The lowest BCUT2D eigenvalue weighted by Crippen LogP contribution is -2.41. The highest BCUT2D eigenvalue weighted by molar-refractivity contribution is 5.91. The quantitative estimate of drug-likeness (QED) is 0.652. The molecule has 1 heterocycles. The van der Waals surface area contributed by atoms with E-state index in [-0.39, 0.29) is 18.7 Å². The molecular weight excluding hydrogens is 264 g/mol. The third-order valence-corrected chi connectivity index (χ3v) is 2.59. The van der Waals surface area contributed by atoms with Crippen molar-refractivity contribution < 1.29 is 23.9 Å². The van der Waals surface area contributed by atoms with Gasteiger partial charge >= 0.3 is 5.97 Å². The summed E-state index contributed by atoms with van der Waals surface area (Å²) >= 11 is 0. The third-order valence-electron chi connectivity index (χ3n) is 2.59. The minimum atomic E-state index is -1.06. The van der Waals surface area contributed by atoms with Crippen molar-refractivity contribution in [2.24, 2.45) is 0 Å². The highest BCUT2D eigenvalue weighted by atomic mass is 16.4. The van der Waals surface area contributed by atoms with Crippen LogP contribution in [-0.2, 0) is 9.59 Å². The average Bonchev–Trinajstić information content (AvgIpc) is 2.91. The molecule has 0 bridgehead atoms. The molecule has 0 aromatic carbocycles. The van der Waals surface area contributed by atoms with Gasteiger partial charge in [-0.1, -0.05) is 13.3 Å². The summed E-state index contributed by atoms with van der Waals surface area (Å²) in [5, 5.41) is 13.8. The molecule has 0 aliphatic rings.